The van der Waals surface area contributed by atoms with Gasteiger partial charge in [0.05, 0.1) is 0 Å². The number of amides is 2. The molecule has 0 aliphatic carbocycles. The molecule has 4 nitrogen and oxygen atoms in total. The molecule has 4 heteroatoms. The summed E-state index contributed by atoms with van der Waals surface area (Å²) in [6, 6.07) is 5.90. The van der Waals surface area contributed by atoms with E-state index in [1.54, 1.807) is 4.90 Å². The Morgan fingerprint density at radius 1 is 1.14 bits per heavy atom. The molecular formula is C18H26N2O2. The molecule has 22 heavy (non-hydrogen) atoms. The highest BCUT2D eigenvalue weighted by Gasteiger charge is 2.27. The third-order valence-corrected chi connectivity index (χ3v) is 4.17. The Kier molecular flexibility index (Phi) is 4.89. The summed E-state index contributed by atoms with van der Waals surface area (Å²) in [4.78, 5) is 28.3. The van der Waals surface area contributed by atoms with Gasteiger partial charge >= 0.3 is 0 Å². The zero-order chi connectivity index (χ0) is 16.4. The standard InChI is InChI=1S/C18H26N2O2/c1-12(2)17(21)19(5)15-9-6-10-16-14(15)8-7-11-20(16)18(22)13(3)4/h6,9-10,12-13H,7-8,11H2,1-5H3. The van der Waals surface area contributed by atoms with Gasteiger partial charge in [0, 0.05) is 36.8 Å². The van der Waals surface area contributed by atoms with Crippen LogP contribution < -0.4 is 9.80 Å². The van der Waals surface area contributed by atoms with Gasteiger partial charge < -0.3 is 9.80 Å². The van der Waals surface area contributed by atoms with Gasteiger partial charge in [0.2, 0.25) is 11.8 Å². The molecule has 1 aromatic carbocycles. The van der Waals surface area contributed by atoms with Crippen molar-refractivity contribution < 1.29 is 9.59 Å². The predicted octanol–water partition coefficient (Wildman–Crippen LogP) is 3.24. The third kappa shape index (κ3) is 3.01. The molecule has 0 unspecified atom stereocenters. The molecule has 1 heterocycles. The van der Waals surface area contributed by atoms with E-state index in [0.717, 1.165) is 36.3 Å². The molecule has 0 spiro atoms. The second-order valence-electron chi connectivity index (χ2n) is 6.57. The number of carbonyl (C=O) groups is 2. The van der Waals surface area contributed by atoms with Crippen LogP contribution in [0.2, 0.25) is 0 Å². The lowest BCUT2D eigenvalue weighted by atomic mass is 9.97. The van der Waals surface area contributed by atoms with E-state index < -0.39 is 0 Å². The van der Waals surface area contributed by atoms with Crippen LogP contribution in [-0.2, 0) is 16.0 Å². The third-order valence-electron chi connectivity index (χ3n) is 4.17. The molecule has 2 rings (SSSR count). The monoisotopic (exact) mass is 302 g/mol. The number of hydrogen-bond donors (Lipinski definition) is 0. The minimum Gasteiger partial charge on any atom is -0.315 e. The topological polar surface area (TPSA) is 40.6 Å². The molecule has 0 fully saturated rings. The largest absolute Gasteiger partial charge is 0.315 e. The van der Waals surface area contributed by atoms with Crippen molar-refractivity contribution in [2.75, 3.05) is 23.4 Å². The Morgan fingerprint density at radius 2 is 1.82 bits per heavy atom. The number of nitrogens with zero attached hydrogens (tertiary/aromatic N) is 2. The van der Waals surface area contributed by atoms with E-state index in [2.05, 4.69) is 0 Å². The van der Waals surface area contributed by atoms with Crippen LogP contribution in [0.25, 0.3) is 0 Å². The molecule has 0 saturated heterocycles. The van der Waals surface area contributed by atoms with Crippen LogP contribution in [0.5, 0.6) is 0 Å². The molecule has 0 aromatic heterocycles. The average Bonchev–Trinajstić information content (AvgIpc) is 2.51. The van der Waals surface area contributed by atoms with Crippen molar-refractivity contribution in [3.05, 3.63) is 23.8 Å². The van der Waals surface area contributed by atoms with Crippen LogP contribution in [-0.4, -0.2) is 25.4 Å². The van der Waals surface area contributed by atoms with Gasteiger partial charge in [0.15, 0.2) is 0 Å². The zero-order valence-corrected chi connectivity index (χ0v) is 14.2. The highest BCUT2D eigenvalue weighted by atomic mass is 16.2. The molecule has 0 atom stereocenters. The summed E-state index contributed by atoms with van der Waals surface area (Å²) in [7, 11) is 1.82. The lowest BCUT2D eigenvalue weighted by Crippen LogP contribution is -2.39. The van der Waals surface area contributed by atoms with Gasteiger partial charge in [0.25, 0.3) is 0 Å². The maximum Gasteiger partial charge on any atom is 0.229 e. The fourth-order valence-electron chi connectivity index (χ4n) is 2.97. The maximum absolute atomic E-state index is 12.4. The van der Waals surface area contributed by atoms with E-state index in [1.807, 2.05) is 57.8 Å². The van der Waals surface area contributed by atoms with Gasteiger partial charge in [-0.2, -0.15) is 0 Å². The Balaban J connectivity index is 2.43. The van der Waals surface area contributed by atoms with Crippen molar-refractivity contribution in [3.63, 3.8) is 0 Å². The van der Waals surface area contributed by atoms with Gasteiger partial charge in [-0.15, -0.1) is 0 Å². The van der Waals surface area contributed by atoms with E-state index in [-0.39, 0.29) is 23.7 Å². The van der Waals surface area contributed by atoms with Gasteiger partial charge in [-0.3, -0.25) is 9.59 Å². The lowest BCUT2D eigenvalue weighted by Gasteiger charge is -2.34. The number of fused-ring (bicyclic) bond motifs is 1. The van der Waals surface area contributed by atoms with Gasteiger partial charge in [-0.25, -0.2) is 0 Å². The van der Waals surface area contributed by atoms with Crippen molar-refractivity contribution in [1.82, 2.24) is 0 Å². The van der Waals surface area contributed by atoms with Crippen LogP contribution in [0.15, 0.2) is 18.2 Å². The van der Waals surface area contributed by atoms with E-state index in [9.17, 15) is 9.59 Å². The van der Waals surface area contributed by atoms with Crippen molar-refractivity contribution in [1.29, 1.82) is 0 Å². The Hall–Kier alpha value is -1.84. The fourth-order valence-corrected chi connectivity index (χ4v) is 2.97. The molecule has 0 saturated carbocycles. The first-order valence-corrected chi connectivity index (χ1v) is 8.05. The number of anilines is 2. The van der Waals surface area contributed by atoms with E-state index in [0.29, 0.717) is 0 Å². The Labute approximate surface area is 133 Å². The molecule has 0 bridgehead atoms. The second kappa shape index (κ2) is 6.51. The van der Waals surface area contributed by atoms with Crippen LogP contribution in [0.4, 0.5) is 11.4 Å². The second-order valence-corrected chi connectivity index (χ2v) is 6.57. The highest BCUT2D eigenvalue weighted by molar-refractivity contribution is 5.99. The number of hydrogen-bond acceptors (Lipinski definition) is 2. The number of benzene rings is 1. The summed E-state index contributed by atoms with van der Waals surface area (Å²) in [6.45, 7) is 8.42. The molecule has 1 aliphatic heterocycles. The van der Waals surface area contributed by atoms with E-state index in [4.69, 9.17) is 0 Å². The van der Waals surface area contributed by atoms with E-state index >= 15 is 0 Å². The number of carbonyl (C=O) groups excluding carboxylic acids is 2. The summed E-state index contributed by atoms with van der Waals surface area (Å²) in [5.74, 6) is 0.180. The van der Waals surface area contributed by atoms with Crippen molar-refractivity contribution in [2.24, 2.45) is 11.8 Å². The van der Waals surface area contributed by atoms with E-state index in [1.165, 1.54) is 0 Å². The van der Waals surface area contributed by atoms with Gasteiger partial charge in [-0.1, -0.05) is 33.8 Å². The predicted molar refractivity (Wildman–Crippen MR) is 90.2 cm³/mol. The highest BCUT2D eigenvalue weighted by Crippen LogP contribution is 2.35. The molecule has 1 aliphatic rings. The summed E-state index contributed by atoms with van der Waals surface area (Å²) < 4.78 is 0. The summed E-state index contributed by atoms with van der Waals surface area (Å²) >= 11 is 0. The molecule has 0 radical (unpaired) electrons. The van der Waals surface area contributed by atoms with Crippen molar-refractivity contribution in [3.8, 4) is 0 Å². The van der Waals surface area contributed by atoms with Crippen molar-refractivity contribution >= 4 is 23.2 Å². The molecule has 0 N–H and O–H groups in total. The lowest BCUT2D eigenvalue weighted by molar-refractivity contribution is -0.122. The Morgan fingerprint density at radius 3 is 2.41 bits per heavy atom. The van der Waals surface area contributed by atoms with Crippen LogP contribution in [0.1, 0.15) is 39.7 Å². The quantitative estimate of drug-likeness (QED) is 0.860. The van der Waals surface area contributed by atoms with Crippen LogP contribution in [0.3, 0.4) is 0 Å². The average molecular weight is 302 g/mol. The summed E-state index contributed by atoms with van der Waals surface area (Å²) in [5, 5.41) is 0. The molecular weight excluding hydrogens is 276 g/mol. The summed E-state index contributed by atoms with van der Waals surface area (Å²) in [6.07, 6.45) is 1.84. The molecule has 2 amide bonds. The SMILES string of the molecule is CC(C)C(=O)N(C)c1cccc2c1CCCN2C(=O)C(C)C. The van der Waals surface area contributed by atoms with Crippen LogP contribution in [0, 0.1) is 11.8 Å². The maximum atomic E-state index is 12.4. The van der Waals surface area contributed by atoms with Gasteiger partial charge in [-0.05, 0) is 30.5 Å². The number of rotatable bonds is 3. The zero-order valence-electron chi connectivity index (χ0n) is 14.2. The fraction of sp³-hybridized carbons (Fsp3) is 0.556. The first-order chi connectivity index (χ1) is 10.3. The first kappa shape index (κ1) is 16.5. The minimum atomic E-state index is -0.0437. The molecule has 1 aromatic rings. The normalized spacial score (nSPS) is 14.2. The van der Waals surface area contributed by atoms with Crippen molar-refractivity contribution in [2.45, 2.75) is 40.5 Å². The smallest absolute Gasteiger partial charge is 0.229 e. The molecule has 120 valence electrons. The van der Waals surface area contributed by atoms with Crippen LogP contribution >= 0.6 is 0 Å². The van der Waals surface area contributed by atoms with Gasteiger partial charge in [0.1, 0.15) is 0 Å². The Bertz CT molecular complexity index is 564. The summed E-state index contributed by atoms with van der Waals surface area (Å²) in [5.41, 5.74) is 3.00. The minimum absolute atomic E-state index is 0.0235. The first-order valence-electron chi connectivity index (χ1n) is 8.05.